The van der Waals surface area contributed by atoms with E-state index in [0.717, 1.165) is 29.8 Å². The molecule has 1 aliphatic rings. The van der Waals surface area contributed by atoms with Gasteiger partial charge in [-0.25, -0.2) is 21.2 Å². The number of hydrogen-bond donors (Lipinski definition) is 1. The Morgan fingerprint density at radius 2 is 1.76 bits per heavy atom. The second-order valence-electron chi connectivity index (χ2n) is 8.00. The summed E-state index contributed by atoms with van der Waals surface area (Å²) in [6.07, 6.45) is 3.42. The molecule has 0 radical (unpaired) electrons. The first kappa shape index (κ1) is 26.1. The topological polar surface area (TPSA) is 113 Å². The number of hydrogen-bond acceptors (Lipinski definition) is 6. The summed E-state index contributed by atoms with van der Waals surface area (Å²) in [5, 5.41) is 2.53. The van der Waals surface area contributed by atoms with Crippen LogP contribution in [0.4, 0.5) is 10.1 Å². The van der Waals surface area contributed by atoms with Gasteiger partial charge in [0.2, 0.25) is 26.0 Å². The molecule has 0 atom stereocenters. The highest BCUT2D eigenvalue weighted by Gasteiger charge is 2.29. The third-order valence-electron chi connectivity index (χ3n) is 5.47. The van der Waals surface area contributed by atoms with Crippen molar-refractivity contribution in [1.29, 1.82) is 0 Å². The summed E-state index contributed by atoms with van der Waals surface area (Å²) >= 11 is 0. The van der Waals surface area contributed by atoms with Crippen LogP contribution in [0.25, 0.3) is 0 Å². The SMILES string of the molecule is COc1ccc(NC(=O)CN(Cc2ccccc2F)S(C)(=O)=O)cc1S(=O)(=O)N1CCCCC1. The molecular weight excluding hydrogens is 485 g/mol. The Balaban J connectivity index is 1.80. The van der Waals surface area contributed by atoms with Crippen molar-refractivity contribution in [2.75, 3.05) is 38.3 Å². The minimum Gasteiger partial charge on any atom is -0.495 e. The normalized spacial score (nSPS) is 15.3. The zero-order chi connectivity index (χ0) is 24.9. The van der Waals surface area contributed by atoms with Gasteiger partial charge in [0.25, 0.3) is 0 Å². The molecule has 186 valence electrons. The Bertz CT molecular complexity index is 1250. The molecule has 3 rings (SSSR count). The lowest BCUT2D eigenvalue weighted by Crippen LogP contribution is -2.37. The van der Waals surface area contributed by atoms with Crippen LogP contribution in [0.5, 0.6) is 5.75 Å². The number of anilines is 1. The molecule has 34 heavy (non-hydrogen) atoms. The van der Waals surface area contributed by atoms with Gasteiger partial charge in [0.15, 0.2) is 0 Å². The number of nitrogens with one attached hydrogen (secondary N) is 1. The van der Waals surface area contributed by atoms with E-state index in [1.165, 1.54) is 47.8 Å². The predicted octanol–water partition coefficient (Wildman–Crippen LogP) is 2.41. The molecule has 0 saturated carbocycles. The largest absolute Gasteiger partial charge is 0.495 e. The molecule has 1 N–H and O–H groups in total. The number of rotatable bonds is 9. The number of halogens is 1. The number of ether oxygens (including phenoxy) is 1. The Morgan fingerprint density at radius 1 is 1.09 bits per heavy atom. The quantitative estimate of drug-likeness (QED) is 0.551. The molecule has 12 heteroatoms. The highest BCUT2D eigenvalue weighted by atomic mass is 32.2. The molecule has 0 aliphatic carbocycles. The van der Waals surface area contributed by atoms with Gasteiger partial charge in [-0.05, 0) is 37.1 Å². The van der Waals surface area contributed by atoms with Crippen LogP contribution < -0.4 is 10.1 Å². The van der Waals surface area contributed by atoms with Crippen LogP contribution in [0.3, 0.4) is 0 Å². The summed E-state index contributed by atoms with van der Waals surface area (Å²) in [6, 6.07) is 9.89. The van der Waals surface area contributed by atoms with Crippen molar-refractivity contribution in [3.63, 3.8) is 0 Å². The van der Waals surface area contributed by atoms with E-state index in [0.29, 0.717) is 13.1 Å². The van der Waals surface area contributed by atoms with Crippen molar-refractivity contribution in [1.82, 2.24) is 8.61 Å². The second kappa shape index (κ2) is 10.8. The van der Waals surface area contributed by atoms with E-state index in [9.17, 15) is 26.0 Å². The van der Waals surface area contributed by atoms with Crippen molar-refractivity contribution >= 4 is 31.6 Å². The highest BCUT2D eigenvalue weighted by Crippen LogP contribution is 2.31. The lowest BCUT2D eigenvalue weighted by atomic mass is 10.2. The van der Waals surface area contributed by atoms with Gasteiger partial charge < -0.3 is 10.1 Å². The van der Waals surface area contributed by atoms with E-state index in [4.69, 9.17) is 4.74 Å². The molecule has 1 saturated heterocycles. The van der Waals surface area contributed by atoms with Gasteiger partial charge >= 0.3 is 0 Å². The van der Waals surface area contributed by atoms with Gasteiger partial charge in [0.05, 0.1) is 19.9 Å². The lowest BCUT2D eigenvalue weighted by Gasteiger charge is -2.26. The number of methoxy groups -OCH3 is 1. The summed E-state index contributed by atoms with van der Waals surface area (Å²) in [4.78, 5) is 12.6. The molecule has 9 nitrogen and oxygen atoms in total. The summed E-state index contributed by atoms with van der Waals surface area (Å²) in [5.74, 6) is -1.14. The first-order valence-electron chi connectivity index (χ1n) is 10.7. The zero-order valence-corrected chi connectivity index (χ0v) is 20.7. The van der Waals surface area contributed by atoms with Crippen molar-refractivity contribution in [3.8, 4) is 5.75 Å². The third kappa shape index (κ3) is 6.32. The van der Waals surface area contributed by atoms with E-state index < -0.39 is 38.3 Å². The smallest absolute Gasteiger partial charge is 0.246 e. The first-order valence-corrected chi connectivity index (χ1v) is 14.0. The zero-order valence-electron chi connectivity index (χ0n) is 19.0. The molecule has 0 unspecified atom stereocenters. The van der Waals surface area contributed by atoms with Gasteiger partial charge in [0, 0.05) is 30.9 Å². The Hall–Kier alpha value is -2.54. The summed E-state index contributed by atoms with van der Waals surface area (Å²) in [6.45, 7) is -0.0909. The molecule has 1 aliphatic heterocycles. The minimum absolute atomic E-state index is 0.0824. The molecule has 0 bridgehead atoms. The van der Waals surface area contributed by atoms with E-state index in [1.807, 2.05) is 0 Å². The molecule has 1 amide bonds. The van der Waals surface area contributed by atoms with E-state index in [1.54, 1.807) is 6.07 Å². The monoisotopic (exact) mass is 513 g/mol. The molecule has 1 heterocycles. The molecule has 2 aromatic rings. The van der Waals surface area contributed by atoms with Crippen LogP contribution in [0.15, 0.2) is 47.4 Å². The van der Waals surface area contributed by atoms with Crippen LogP contribution in [0, 0.1) is 5.82 Å². The summed E-state index contributed by atoms with van der Waals surface area (Å²) in [7, 11) is -6.33. The maximum Gasteiger partial charge on any atom is 0.246 e. The Labute approximate surface area is 199 Å². The fraction of sp³-hybridized carbons (Fsp3) is 0.409. The van der Waals surface area contributed by atoms with Crippen molar-refractivity contribution in [2.45, 2.75) is 30.7 Å². The van der Waals surface area contributed by atoms with E-state index >= 15 is 0 Å². The van der Waals surface area contributed by atoms with Crippen LogP contribution >= 0.6 is 0 Å². The molecule has 0 spiro atoms. The fourth-order valence-electron chi connectivity index (χ4n) is 3.67. The van der Waals surface area contributed by atoms with Gasteiger partial charge in [-0.15, -0.1) is 0 Å². The number of amides is 1. The summed E-state index contributed by atoms with van der Waals surface area (Å²) < 4.78 is 72.2. The molecule has 0 aromatic heterocycles. The highest BCUT2D eigenvalue weighted by molar-refractivity contribution is 7.89. The third-order valence-corrected chi connectivity index (χ3v) is 8.59. The van der Waals surface area contributed by atoms with E-state index in [2.05, 4.69) is 5.32 Å². The first-order chi connectivity index (χ1) is 16.0. The van der Waals surface area contributed by atoms with E-state index in [-0.39, 0.29) is 28.4 Å². The van der Waals surface area contributed by atoms with Gasteiger partial charge in [-0.2, -0.15) is 8.61 Å². The van der Waals surface area contributed by atoms with Crippen molar-refractivity contribution in [2.24, 2.45) is 0 Å². The number of piperidine rings is 1. The van der Waals surface area contributed by atoms with Crippen LogP contribution in [0.1, 0.15) is 24.8 Å². The molecule has 2 aromatic carbocycles. The van der Waals surface area contributed by atoms with Crippen LogP contribution in [-0.2, 0) is 31.4 Å². The van der Waals surface area contributed by atoms with Crippen molar-refractivity contribution < 1.29 is 30.8 Å². The molecule has 1 fully saturated rings. The Morgan fingerprint density at radius 3 is 2.38 bits per heavy atom. The van der Waals surface area contributed by atoms with Gasteiger partial charge in [-0.3, -0.25) is 4.79 Å². The number of sulfonamides is 2. The maximum atomic E-state index is 14.0. The average Bonchev–Trinajstić information content (AvgIpc) is 2.80. The minimum atomic E-state index is -3.85. The predicted molar refractivity (Wildman–Crippen MR) is 126 cm³/mol. The van der Waals surface area contributed by atoms with Crippen molar-refractivity contribution in [3.05, 3.63) is 53.8 Å². The van der Waals surface area contributed by atoms with Gasteiger partial charge in [-0.1, -0.05) is 24.6 Å². The Kier molecular flexibility index (Phi) is 8.29. The standard InChI is InChI=1S/C22H28FN3O6S2/c1-32-20-11-10-18(14-21(20)34(30,31)25-12-6-3-7-13-25)24-22(27)16-26(33(2,28)29)15-17-8-4-5-9-19(17)23/h4-5,8-11,14H,3,6-7,12-13,15-16H2,1-2H3,(H,24,27). The number of carbonyl (C=O) groups excluding carboxylic acids is 1. The number of benzene rings is 2. The number of nitrogens with zero attached hydrogens (tertiary/aromatic N) is 2. The second-order valence-corrected chi connectivity index (χ2v) is 11.9. The molecular formula is C22H28FN3O6S2. The summed E-state index contributed by atoms with van der Waals surface area (Å²) in [5.41, 5.74) is 0.292. The lowest BCUT2D eigenvalue weighted by molar-refractivity contribution is -0.116. The fourth-order valence-corrected chi connectivity index (χ4v) is 6.09. The average molecular weight is 514 g/mol. The van der Waals surface area contributed by atoms with Gasteiger partial charge in [0.1, 0.15) is 16.5 Å². The van der Waals surface area contributed by atoms with Crippen LogP contribution in [0.2, 0.25) is 0 Å². The van der Waals surface area contributed by atoms with Crippen LogP contribution in [-0.4, -0.2) is 64.4 Å². The maximum absolute atomic E-state index is 14.0. The number of carbonyl (C=O) groups is 1.